The van der Waals surface area contributed by atoms with E-state index in [2.05, 4.69) is 20.5 Å². The van der Waals surface area contributed by atoms with Gasteiger partial charge in [-0.2, -0.15) is 10.1 Å². The highest BCUT2D eigenvalue weighted by Gasteiger charge is 2.07. The van der Waals surface area contributed by atoms with E-state index >= 15 is 0 Å². The summed E-state index contributed by atoms with van der Waals surface area (Å²) in [6.07, 6.45) is 1.49. The van der Waals surface area contributed by atoms with Crippen LogP contribution < -0.4 is 19.6 Å². The molecule has 0 saturated carbocycles. The minimum absolute atomic E-state index is 0.205. The Hall–Kier alpha value is -2.81. The Morgan fingerprint density at radius 3 is 2.78 bits per heavy atom. The van der Waals surface area contributed by atoms with Gasteiger partial charge in [0.25, 0.3) is 5.91 Å². The number of nitrogens with zero attached hydrogens (tertiary/aromatic N) is 3. The van der Waals surface area contributed by atoms with Crippen molar-refractivity contribution in [3.05, 3.63) is 35.5 Å². The van der Waals surface area contributed by atoms with E-state index < -0.39 is 5.91 Å². The molecule has 144 valence electrons. The molecular weight excluding hydrogens is 368 g/mol. The number of nitrogens with one attached hydrogen (secondary N) is 1. The first-order valence-electron chi connectivity index (χ1n) is 8.21. The van der Waals surface area contributed by atoms with Crippen molar-refractivity contribution in [1.29, 1.82) is 0 Å². The standard InChI is InChI=1S/C18H22N4O4S/c1-5-27-18-20-12(2)8-17(21-18)26-11-16(23)22-19-10-13-6-7-14(24-3)9-15(13)25-4/h6-10H,5,11H2,1-4H3,(H,22,23)/b19-10-. The molecular formula is C18H22N4O4S. The summed E-state index contributed by atoms with van der Waals surface area (Å²) >= 11 is 1.51. The zero-order valence-corrected chi connectivity index (χ0v) is 16.5. The molecule has 1 amide bonds. The lowest BCUT2D eigenvalue weighted by molar-refractivity contribution is -0.123. The quantitative estimate of drug-likeness (QED) is 0.304. The molecule has 1 aromatic heterocycles. The molecule has 1 heterocycles. The first-order valence-corrected chi connectivity index (χ1v) is 9.19. The Morgan fingerprint density at radius 1 is 1.26 bits per heavy atom. The molecule has 9 heteroatoms. The Labute approximate surface area is 162 Å². The van der Waals surface area contributed by atoms with Gasteiger partial charge in [0.1, 0.15) is 11.5 Å². The summed E-state index contributed by atoms with van der Waals surface area (Å²) in [5, 5.41) is 4.54. The van der Waals surface area contributed by atoms with E-state index in [4.69, 9.17) is 14.2 Å². The van der Waals surface area contributed by atoms with Crippen LogP contribution in [0.5, 0.6) is 17.4 Å². The van der Waals surface area contributed by atoms with Gasteiger partial charge in [0.15, 0.2) is 11.8 Å². The summed E-state index contributed by atoms with van der Waals surface area (Å²) in [5.74, 6) is 2.06. The normalized spacial score (nSPS) is 10.7. The number of hydrogen-bond donors (Lipinski definition) is 1. The maximum Gasteiger partial charge on any atom is 0.278 e. The zero-order valence-electron chi connectivity index (χ0n) is 15.7. The van der Waals surface area contributed by atoms with Crippen LogP contribution >= 0.6 is 11.8 Å². The topological polar surface area (TPSA) is 94.9 Å². The van der Waals surface area contributed by atoms with Crippen molar-refractivity contribution >= 4 is 23.9 Å². The van der Waals surface area contributed by atoms with Crippen LogP contribution in [0.1, 0.15) is 18.2 Å². The summed E-state index contributed by atoms with van der Waals surface area (Å²) in [7, 11) is 3.12. The van der Waals surface area contributed by atoms with E-state index in [1.165, 1.54) is 18.0 Å². The van der Waals surface area contributed by atoms with Crippen LogP contribution in [0.3, 0.4) is 0 Å². The number of thioether (sulfide) groups is 1. The predicted molar refractivity (Wildman–Crippen MR) is 104 cm³/mol. The van der Waals surface area contributed by atoms with Gasteiger partial charge in [0, 0.05) is 23.4 Å². The second-order valence-corrected chi connectivity index (χ2v) is 6.48. The van der Waals surface area contributed by atoms with Crippen molar-refractivity contribution in [2.75, 3.05) is 26.6 Å². The van der Waals surface area contributed by atoms with E-state index in [9.17, 15) is 4.79 Å². The van der Waals surface area contributed by atoms with Crippen molar-refractivity contribution < 1.29 is 19.0 Å². The Bertz CT molecular complexity index is 814. The fourth-order valence-electron chi connectivity index (χ4n) is 2.05. The smallest absolute Gasteiger partial charge is 0.278 e. The molecule has 1 aromatic carbocycles. The maximum atomic E-state index is 11.9. The predicted octanol–water partition coefficient (Wildman–Crippen LogP) is 2.44. The number of amides is 1. The minimum Gasteiger partial charge on any atom is -0.497 e. The van der Waals surface area contributed by atoms with Crippen LogP contribution in [0, 0.1) is 6.92 Å². The molecule has 0 aliphatic carbocycles. The lowest BCUT2D eigenvalue weighted by Crippen LogP contribution is -2.25. The Balaban J connectivity index is 1.90. The van der Waals surface area contributed by atoms with E-state index in [1.807, 2.05) is 13.8 Å². The number of hydrogen-bond acceptors (Lipinski definition) is 8. The first-order chi connectivity index (χ1) is 13.0. The van der Waals surface area contributed by atoms with Crippen LogP contribution in [0.15, 0.2) is 34.5 Å². The SMILES string of the molecule is CCSc1nc(C)cc(OCC(=O)N/N=C\c2ccc(OC)cc2OC)n1. The second kappa shape index (κ2) is 10.4. The highest BCUT2D eigenvalue weighted by atomic mass is 32.2. The number of aromatic nitrogens is 2. The average Bonchev–Trinajstić information content (AvgIpc) is 2.66. The number of benzene rings is 1. The van der Waals surface area contributed by atoms with Crippen LogP contribution in [-0.2, 0) is 4.79 Å². The molecule has 1 N–H and O–H groups in total. The lowest BCUT2D eigenvalue weighted by atomic mass is 10.2. The van der Waals surface area contributed by atoms with Gasteiger partial charge in [0.05, 0.1) is 20.4 Å². The van der Waals surface area contributed by atoms with Gasteiger partial charge >= 0.3 is 0 Å². The fraction of sp³-hybridized carbons (Fsp3) is 0.333. The number of carbonyl (C=O) groups excluding carboxylic acids is 1. The molecule has 0 spiro atoms. The summed E-state index contributed by atoms with van der Waals surface area (Å²) in [6, 6.07) is 6.96. The molecule has 0 saturated heterocycles. The molecule has 2 rings (SSSR count). The number of methoxy groups -OCH3 is 2. The van der Waals surface area contributed by atoms with Crippen molar-refractivity contribution in [3.63, 3.8) is 0 Å². The zero-order chi connectivity index (χ0) is 19.6. The van der Waals surface area contributed by atoms with Gasteiger partial charge in [-0.25, -0.2) is 10.4 Å². The summed E-state index contributed by atoms with van der Waals surface area (Å²) in [4.78, 5) is 20.4. The van der Waals surface area contributed by atoms with Gasteiger partial charge in [-0.3, -0.25) is 4.79 Å². The van der Waals surface area contributed by atoms with Gasteiger partial charge in [-0.1, -0.05) is 18.7 Å². The number of carbonyl (C=O) groups is 1. The molecule has 0 aliphatic heterocycles. The molecule has 27 heavy (non-hydrogen) atoms. The number of hydrazone groups is 1. The van der Waals surface area contributed by atoms with Gasteiger partial charge in [-0.15, -0.1) is 0 Å². The Morgan fingerprint density at radius 2 is 2.07 bits per heavy atom. The number of rotatable bonds is 9. The highest BCUT2D eigenvalue weighted by molar-refractivity contribution is 7.99. The lowest BCUT2D eigenvalue weighted by Gasteiger charge is -2.07. The maximum absolute atomic E-state index is 11.9. The summed E-state index contributed by atoms with van der Waals surface area (Å²) < 4.78 is 15.8. The molecule has 8 nitrogen and oxygen atoms in total. The second-order valence-electron chi connectivity index (χ2n) is 5.25. The Kier molecular flexibility index (Phi) is 7.87. The monoisotopic (exact) mass is 390 g/mol. The van der Waals surface area contributed by atoms with Crippen molar-refractivity contribution in [2.45, 2.75) is 19.0 Å². The molecule has 0 aliphatic rings. The largest absolute Gasteiger partial charge is 0.497 e. The molecule has 0 atom stereocenters. The first kappa shape index (κ1) is 20.5. The third-order valence-corrected chi connectivity index (χ3v) is 4.00. The van der Waals surface area contributed by atoms with Gasteiger partial charge in [-0.05, 0) is 24.8 Å². The third kappa shape index (κ3) is 6.45. The molecule has 0 unspecified atom stereocenters. The van der Waals surface area contributed by atoms with Gasteiger partial charge in [0.2, 0.25) is 5.88 Å². The molecule has 0 fully saturated rings. The molecule has 0 radical (unpaired) electrons. The molecule has 2 aromatic rings. The van der Waals surface area contributed by atoms with Gasteiger partial charge < -0.3 is 14.2 Å². The van der Waals surface area contributed by atoms with Crippen LogP contribution in [0.25, 0.3) is 0 Å². The van der Waals surface area contributed by atoms with Crippen molar-refractivity contribution in [2.24, 2.45) is 5.10 Å². The van der Waals surface area contributed by atoms with E-state index in [1.54, 1.807) is 38.5 Å². The van der Waals surface area contributed by atoms with E-state index in [0.717, 1.165) is 11.4 Å². The summed E-state index contributed by atoms with van der Waals surface area (Å²) in [5.41, 5.74) is 3.89. The average molecular weight is 390 g/mol. The van der Waals surface area contributed by atoms with Crippen molar-refractivity contribution in [3.8, 4) is 17.4 Å². The molecule has 0 bridgehead atoms. The third-order valence-electron chi connectivity index (χ3n) is 3.27. The van der Waals surface area contributed by atoms with Crippen LogP contribution in [-0.4, -0.2) is 48.7 Å². The highest BCUT2D eigenvalue weighted by Crippen LogP contribution is 2.23. The fourth-order valence-corrected chi connectivity index (χ4v) is 2.67. The van der Waals surface area contributed by atoms with Crippen molar-refractivity contribution in [1.82, 2.24) is 15.4 Å². The van der Waals surface area contributed by atoms with Crippen LogP contribution in [0.4, 0.5) is 0 Å². The van der Waals surface area contributed by atoms with Crippen LogP contribution in [0.2, 0.25) is 0 Å². The van der Waals surface area contributed by atoms with E-state index in [-0.39, 0.29) is 6.61 Å². The number of ether oxygens (including phenoxy) is 3. The minimum atomic E-state index is -0.403. The number of aryl methyl sites for hydroxylation is 1. The van der Waals surface area contributed by atoms with E-state index in [0.29, 0.717) is 28.1 Å². The summed E-state index contributed by atoms with van der Waals surface area (Å²) in [6.45, 7) is 3.66.